The molecule has 0 amide bonds. The van der Waals surface area contributed by atoms with Crippen LogP contribution in [0.5, 0.6) is 0 Å². The Morgan fingerprint density at radius 1 is 1.28 bits per heavy atom. The van der Waals surface area contributed by atoms with Crippen LogP contribution in [0.2, 0.25) is 0 Å². The summed E-state index contributed by atoms with van der Waals surface area (Å²) in [5.74, 6) is 2.78. The molecule has 3 aliphatic rings. The minimum atomic E-state index is 0.490. The standard InChI is InChI=1S/C16H30N2/c1-12(2)15-9-17-16(6-4-5-7-16)11-18(15)10-14-8-13(14)3/h12-15,17H,4-11H2,1-3H3. The topological polar surface area (TPSA) is 15.3 Å². The minimum absolute atomic E-state index is 0.490. The van der Waals surface area contributed by atoms with Crippen molar-refractivity contribution in [2.45, 2.75) is 64.5 Å². The summed E-state index contributed by atoms with van der Waals surface area (Å²) >= 11 is 0. The van der Waals surface area contributed by atoms with E-state index in [2.05, 4.69) is 31.0 Å². The van der Waals surface area contributed by atoms with Crippen LogP contribution in [0.15, 0.2) is 0 Å². The molecule has 0 aromatic heterocycles. The molecule has 0 aromatic rings. The molecule has 1 saturated heterocycles. The Labute approximate surface area is 113 Å². The first-order chi connectivity index (χ1) is 8.60. The molecular weight excluding hydrogens is 220 g/mol. The van der Waals surface area contributed by atoms with Gasteiger partial charge in [0.2, 0.25) is 0 Å². The second-order valence-electron chi connectivity index (χ2n) is 7.58. The van der Waals surface area contributed by atoms with Gasteiger partial charge in [-0.15, -0.1) is 0 Å². The lowest BCUT2D eigenvalue weighted by Crippen LogP contribution is -2.64. The van der Waals surface area contributed by atoms with Gasteiger partial charge in [0.1, 0.15) is 0 Å². The van der Waals surface area contributed by atoms with Crippen LogP contribution in [0.25, 0.3) is 0 Å². The van der Waals surface area contributed by atoms with E-state index >= 15 is 0 Å². The summed E-state index contributed by atoms with van der Waals surface area (Å²) in [5.41, 5.74) is 0.490. The Morgan fingerprint density at radius 2 is 1.94 bits per heavy atom. The average molecular weight is 250 g/mol. The van der Waals surface area contributed by atoms with E-state index in [1.54, 1.807) is 0 Å². The van der Waals surface area contributed by atoms with Gasteiger partial charge in [-0.25, -0.2) is 0 Å². The smallest absolute Gasteiger partial charge is 0.0309 e. The van der Waals surface area contributed by atoms with Gasteiger partial charge in [-0.3, -0.25) is 4.90 Å². The Kier molecular flexibility index (Phi) is 3.44. The van der Waals surface area contributed by atoms with Crippen LogP contribution in [0, 0.1) is 17.8 Å². The van der Waals surface area contributed by atoms with Crippen molar-refractivity contribution in [1.29, 1.82) is 0 Å². The fourth-order valence-corrected chi connectivity index (χ4v) is 4.21. The van der Waals surface area contributed by atoms with E-state index < -0.39 is 0 Å². The molecule has 3 rings (SSSR count). The van der Waals surface area contributed by atoms with Gasteiger partial charge in [0.25, 0.3) is 0 Å². The van der Waals surface area contributed by atoms with Crippen molar-refractivity contribution in [3.8, 4) is 0 Å². The van der Waals surface area contributed by atoms with E-state index in [1.165, 1.54) is 51.7 Å². The van der Waals surface area contributed by atoms with Gasteiger partial charge < -0.3 is 5.32 Å². The molecule has 3 unspecified atom stereocenters. The molecule has 104 valence electrons. The van der Waals surface area contributed by atoms with Crippen molar-refractivity contribution < 1.29 is 0 Å². The maximum atomic E-state index is 3.92. The number of piperazine rings is 1. The Bertz CT molecular complexity index is 293. The number of rotatable bonds is 3. The molecule has 2 saturated carbocycles. The van der Waals surface area contributed by atoms with Crippen LogP contribution in [0.4, 0.5) is 0 Å². The van der Waals surface area contributed by atoms with Gasteiger partial charge >= 0.3 is 0 Å². The van der Waals surface area contributed by atoms with Gasteiger partial charge in [-0.1, -0.05) is 33.6 Å². The monoisotopic (exact) mass is 250 g/mol. The zero-order chi connectivity index (χ0) is 12.8. The Balaban J connectivity index is 1.67. The van der Waals surface area contributed by atoms with Gasteiger partial charge in [0.15, 0.2) is 0 Å². The maximum Gasteiger partial charge on any atom is 0.0309 e. The first-order valence-electron chi connectivity index (χ1n) is 8.09. The molecular formula is C16H30N2. The molecule has 1 heterocycles. The van der Waals surface area contributed by atoms with E-state index in [0.29, 0.717) is 5.54 Å². The minimum Gasteiger partial charge on any atom is -0.308 e. The summed E-state index contributed by atoms with van der Waals surface area (Å²) in [6, 6.07) is 0.768. The van der Waals surface area contributed by atoms with Crippen molar-refractivity contribution in [3.63, 3.8) is 0 Å². The summed E-state index contributed by atoms with van der Waals surface area (Å²) in [4.78, 5) is 2.85. The molecule has 2 nitrogen and oxygen atoms in total. The van der Waals surface area contributed by atoms with Crippen molar-refractivity contribution in [2.24, 2.45) is 17.8 Å². The van der Waals surface area contributed by atoms with E-state index in [-0.39, 0.29) is 0 Å². The van der Waals surface area contributed by atoms with Gasteiger partial charge in [0, 0.05) is 31.2 Å². The molecule has 18 heavy (non-hydrogen) atoms. The Morgan fingerprint density at radius 3 is 2.50 bits per heavy atom. The van der Waals surface area contributed by atoms with E-state index in [9.17, 15) is 0 Å². The third-order valence-corrected chi connectivity index (χ3v) is 5.74. The van der Waals surface area contributed by atoms with E-state index in [1.807, 2.05) is 0 Å². The van der Waals surface area contributed by atoms with Crippen LogP contribution >= 0.6 is 0 Å². The van der Waals surface area contributed by atoms with E-state index in [4.69, 9.17) is 0 Å². The molecule has 1 spiro atoms. The molecule has 0 bridgehead atoms. The highest BCUT2D eigenvalue weighted by Gasteiger charge is 2.44. The largest absolute Gasteiger partial charge is 0.308 e. The predicted molar refractivity (Wildman–Crippen MR) is 76.7 cm³/mol. The van der Waals surface area contributed by atoms with Gasteiger partial charge in [-0.05, 0) is 37.0 Å². The van der Waals surface area contributed by atoms with E-state index in [0.717, 1.165) is 23.8 Å². The van der Waals surface area contributed by atoms with Crippen molar-refractivity contribution in [3.05, 3.63) is 0 Å². The fourth-order valence-electron chi connectivity index (χ4n) is 4.21. The summed E-state index contributed by atoms with van der Waals surface area (Å²) in [6.45, 7) is 11.1. The zero-order valence-corrected chi connectivity index (χ0v) is 12.4. The maximum absolute atomic E-state index is 3.92. The normalized spacial score (nSPS) is 39.7. The fraction of sp³-hybridized carbons (Fsp3) is 1.00. The highest BCUT2D eigenvalue weighted by molar-refractivity contribution is 5.02. The number of nitrogens with zero attached hydrogens (tertiary/aromatic N) is 1. The highest BCUT2D eigenvalue weighted by atomic mass is 15.3. The second kappa shape index (κ2) is 4.79. The third kappa shape index (κ3) is 2.46. The van der Waals surface area contributed by atoms with Crippen LogP contribution in [0.3, 0.4) is 0 Å². The first kappa shape index (κ1) is 12.9. The summed E-state index contributed by atoms with van der Waals surface area (Å²) in [6.07, 6.45) is 7.17. The van der Waals surface area contributed by atoms with Crippen molar-refractivity contribution in [2.75, 3.05) is 19.6 Å². The number of hydrogen-bond acceptors (Lipinski definition) is 2. The van der Waals surface area contributed by atoms with Crippen LogP contribution < -0.4 is 5.32 Å². The highest BCUT2D eigenvalue weighted by Crippen LogP contribution is 2.41. The molecule has 2 aliphatic carbocycles. The third-order valence-electron chi connectivity index (χ3n) is 5.74. The van der Waals surface area contributed by atoms with Crippen LogP contribution in [0.1, 0.15) is 52.9 Å². The zero-order valence-electron chi connectivity index (χ0n) is 12.4. The van der Waals surface area contributed by atoms with Crippen LogP contribution in [-0.2, 0) is 0 Å². The summed E-state index contributed by atoms with van der Waals surface area (Å²) in [5, 5.41) is 3.92. The second-order valence-corrected chi connectivity index (χ2v) is 7.58. The van der Waals surface area contributed by atoms with Crippen molar-refractivity contribution >= 4 is 0 Å². The lowest BCUT2D eigenvalue weighted by Gasteiger charge is -2.48. The SMILES string of the molecule is CC(C)C1CNC2(CCCC2)CN1CC1CC1C. The number of hydrogen-bond donors (Lipinski definition) is 1. The van der Waals surface area contributed by atoms with Crippen LogP contribution in [-0.4, -0.2) is 36.1 Å². The molecule has 2 heteroatoms. The van der Waals surface area contributed by atoms with Crippen molar-refractivity contribution in [1.82, 2.24) is 10.2 Å². The summed E-state index contributed by atoms with van der Waals surface area (Å²) in [7, 11) is 0. The first-order valence-corrected chi connectivity index (χ1v) is 8.09. The number of nitrogens with one attached hydrogen (secondary N) is 1. The molecule has 0 aromatic carbocycles. The molecule has 0 radical (unpaired) electrons. The predicted octanol–water partition coefficient (Wildman–Crippen LogP) is 2.89. The Hall–Kier alpha value is -0.0800. The average Bonchev–Trinajstić information content (AvgIpc) is 2.84. The lowest BCUT2D eigenvalue weighted by atomic mass is 9.89. The molecule has 1 aliphatic heterocycles. The molecule has 1 N–H and O–H groups in total. The summed E-state index contributed by atoms with van der Waals surface area (Å²) < 4.78 is 0. The molecule has 3 atom stereocenters. The lowest BCUT2D eigenvalue weighted by molar-refractivity contribution is 0.0523. The van der Waals surface area contributed by atoms with Gasteiger partial charge in [-0.2, -0.15) is 0 Å². The molecule has 3 fully saturated rings. The quantitative estimate of drug-likeness (QED) is 0.828. The van der Waals surface area contributed by atoms with Gasteiger partial charge in [0.05, 0.1) is 0 Å².